The van der Waals surface area contributed by atoms with E-state index in [1.165, 1.54) is 0 Å². The van der Waals surface area contributed by atoms with Crippen molar-refractivity contribution in [2.45, 2.75) is 32.9 Å². The average molecular weight is 356 g/mol. The first kappa shape index (κ1) is 17.7. The van der Waals surface area contributed by atoms with Crippen LogP contribution in [0.3, 0.4) is 0 Å². The number of halogens is 1. The van der Waals surface area contributed by atoms with Gasteiger partial charge in [0.1, 0.15) is 0 Å². The molecule has 6 heteroatoms. The number of benzene rings is 1. The minimum absolute atomic E-state index is 0.0345. The van der Waals surface area contributed by atoms with Gasteiger partial charge in [0.25, 0.3) is 0 Å². The Morgan fingerprint density at radius 1 is 1.24 bits per heavy atom. The van der Waals surface area contributed by atoms with Crippen molar-refractivity contribution in [2.24, 2.45) is 11.7 Å². The maximum atomic E-state index is 11.9. The second-order valence-electron chi connectivity index (χ2n) is 5.30. The van der Waals surface area contributed by atoms with Crippen molar-refractivity contribution in [2.75, 3.05) is 6.54 Å². The third-order valence-corrected chi connectivity index (χ3v) is 3.92. The molecule has 2 atom stereocenters. The largest absolute Gasteiger partial charge is 0.348 e. The molecule has 5 nitrogen and oxygen atoms in total. The molecule has 4 N–H and O–H groups in total. The molecule has 0 unspecified atom stereocenters. The maximum absolute atomic E-state index is 11.9. The Balaban J connectivity index is 2.48. The quantitative estimate of drug-likeness (QED) is 0.726. The van der Waals surface area contributed by atoms with Crippen LogP contribution in [0.25, 0.3) is 0 Å². The van der Waals surface area contributed by atoms with E-state index >= 15 is 0 Å². The third-order valence-electron chi connectivity index (χ3n) is 3.19. The van der Waals surface area contributed by atoms with Crippen LogP contribution in [0.2, 0.25) is 0 Å². The molecule has 0 radical (unpaired) electrons. The van der Waals surface area contributed by atoms with Gasteiger partial charge in [0.15, 0.2) is 0 Å². The van der Waals surface area contributed by atoms with Gasteiger partial charge in [0.05, 0.1) is 18.6 Å². The van der Waals surface area contributed by atoms with Crippen LogP contribution in [0.4, 0.5) is 0 Å². The molecule has 0 fully saturated rings. The first-order valence-corrected chi connectivity index (χ1v) is 7.69. The van der Waals surface area contributed by atoms with Crippen molar-refractivity contribution in [1.29, 1.82) is 0 Å². The van der Waals surface area contributed by atoms with Gasteiger partial charge in [-0.15, -0.1) is 0 Å². The van der Waals surface area contributed by atoms with Crippen molar-refractivity contribution in [1.82, 2.24) is 10.6 Å². The monoisotopic (exact) mass is 355 g/mol. The van der Waals surface area contributed by atoms with Gasteiger partial charge in [-0.25, -0.2) is 0 Å². The van der Waals surface area contributed by atoms with Crippen LogP contribution in [-0.2, 0) is 9.59 Å². The molecule has 0 bridgehead atoms. The number of carbonyl (C=O) groups is 2. The molecular weight excluding hydrogens is 334 g/mol. The van der Waals surface area contributed by atoms with E-state index in [0.29, 0.717) is 0 Å². The SMILES string of the molecule is CC(C)[C@H](N)C(=O)NCC(=O)N[C@@H](C)c1ccccc1Br. The summed E-state index contributed by atoms with van der Waals surface area (Å²) in [5.74, 6) is -0.525. The van der Waals surface area contributed by atoms with Crippen molar-refractivity contribution in [3.63, 3.8) is 0 Å². The summed E-state index contributed by atoms with van der Waals surface area (Å²) in [7, 11) is 0. The van der Waals surface area contributed by atoms with Crippen LogP contribution < -0.4 is 16.4 Å². The molecule has 1 aromatic rings. The van der Waals surface area contributed by atoms with E-state index in [0.717, 1.165) is 10.0 Å². The van der Waals surface area contributed by atoms with Gasteiger partial charge in [0.2, 0.25) is 11.8 Å². The lowest BCUT2D eigenvalue weighted by molar-refractivity contribution is -0.127. The lowest BCUT2D eigenvalue weighted by atomic mass is 10.1. The summed E-state index contributed by atoms with van der Waals surface area (Å²) in [6.45, 7) is 5.53. The van der Waals surface area contributed by atoms with Gasteiger partial charge in [-0.05, 0) is 24.5 Å². The van der Waals surface area contributed by atoms with Crippen LogP contribution in [0, 0.1) is 5.92 Å². The van der Waals surface area contributed by atoms with E-state index in [4.69, 9.17) is 5.73 Å². The van der Waals surface area contributed by atoms with Crippen molar-refractivity contribution in [3.8, 4) is 0 Å². The summed E-state index contributed by atoms with van der Waals surface area (Å²) in [4.78, 5) is 23.5. The normalized spacial score (nSPS) is 13.6. The Morgan fingerprint density at radius 3 is 2.43 bits per heavy atom. The van der Waals surface area contributed by atoms with Gasteiger partial charge in [-0.2, -0.15) is 0 Å². The Labute approximate surface area is 133 Å². The number of hydrogen-bond acceptors (Lipinski definition) is 3. The molecule has 0 heterocycles. The van der Waals surface area contributed by atoms with E-state index in [1.54, 1.807) is 0 Å². The Hall–Kier alpha value is -1.40. The zero-order valence-corrected chi connectivity index (χ0v) is 14.1. The first-order chi connectivity index (χ1) is 9.82. The summed E-state index contributed by atoms with van der Waals surface area (Å²) in [5, 5.41) is 5.38. The maximum Gasteiger partial charge on any atom is 0.239 e. The van der Waals surface area contributed by atoms with E-state index in [1.807, 2.05) is 45.0 Å². The van der Waals surface area contributed by atoms with Gasteiger partial charge in [0, 0.05) is 4.47 Å². The molecule has 2 amide bonds. The minimum Gasteiger partial charge on any atom is -0.348 e. The topological polar surface area (TPSA) is 84.2 Å². The van der Waals surface area contributed by atoms with E-state index in [2.05, 4.69) is 26.6 Å². The van der Waals surface area contributed by atoms with Gasteiger partial charge in [-0.3, -0.25) is 9.59 Å². The second-order valence-corrected chi connectivity index (χ2v) is 6.15. The van der Waals surface area contributed by atoms with Crippen LogP contribution in [0.15, 0.2) is 28.7 Å². The Bertz CT molecular complexity index is 505. The Morgan fingerprint density at radius 2 is 1.86 bits per heavy atom. The first-order valence-electron chi connectivity index (χ1n) is 6.90. The van der Waals surface area contributed by atoms with E-state index < -0.39 is 6.04 Å². The molecule has 0 aliphatic rings. The standard InChI is InChI=1S/C15H22BrN3O2/c1-9(2)14(17)15(21)18-8-13(20)19-10(3)11-6-4-5-7-12(11)16/h4-7,9-10,14H,8,17H2,1-3H3,(H,18,21)(H,19,20)/t10-,14-/m0/s1. The number of rotatable bonds is 6. The highest BCUT2D eigenvalue weighted by Crippen LogP contribution is 2.22. The smallest absolute Gasteiger partial charge is 0.239 e. The average Bonchev–Trinajstić information content (AvgIpc) is 2.44. The molecule has 0 aliphatic heterocycles. The summed E-state index contributed by atoms with van der Waals surface area (Å²) in [6.07, 6.45) is 0. The van der Waals surface area contributed by atoms with Crippen molar-refractivity contribution >= 4 is 27.7 Å². The molecule has 0 aliphatic carbocycles. The second kappa shape index (κ2) is 8.14. The number of amides is 2. The number of nitrogens with two attached hydrogens (primary N) is 1. The summed E-state index contributed by atoms with van der Waals surface area (Å²) in [5.41, 5.74) is 6.69. The predicted octanol–water partition coefficient (Wildman–Crippen LogP) is 1.73. The van der Waals surface area contributed by atoms with Crippen LogP contribution in [0.1, 0.15) is 32.4 Å². The summed E-state index contributed by atoms with van der Waals surface area (Å²) >= 11 is 3.45. The fourth-order valence-corrected chi connectivity index (χ4v) is 2.41. The van der Waals surface area contributed by atoms with E-state index in [9.17, 15) is 9.59 Å². The lowest BCUT2D eigenvalue weighted by Crippen LogP contribution is -2.47. The molecule has 1 aromatic carbocycles. The summed E-state index contributed by atoms with van der Waals surface area (Å²) < 4.78 is 0.934. The summed E-state index contributed by atoms with van der Waals surface area (Å²) in [6, 6.07) is 6.92. The number of carbonyl (C=O) groups excluding carboxylic acids is 2. The lowest BCUT2D eigenvalue weighted by Gasteiger charge is -2.18. The highest BCUT2D eigenvalue weighted by molar-refractivity contribution is 9.10. The zero-order valence-electron chi connectivity index (χ0n) is 12.5. The molecule has 0 aromatic heterocycles. The third kappa shape index (κ3) is 5.47. The predicted molar refractivity (Wildman–Crippen MR) is 86.5 cm³/mol. The molecule has 0 saturated heterocycles. The van der Waals surface area contributed by atoms with Crippen molar-refractivity contribution in [3.05, 3.63) is 34.3 Å². The molecule has 1 rings (SSSR count). The molecular formula is C15H22BrN3O2. The van der Waals surface area contributed by atoms with Crippen LogP contribution in [-0.4, -0.2) is 24.4 Å². The fourth-order valence-electron chi connectivity index (χ4n) is 1.78. The molecule has 116 valence electrons. The number of nitrogens with one attached hydrogen (secondary N) is 2. The van der Waals surface area contributed by atoms with Crippen LogP contribution in [0.5, 0.6) is 0 Å². The molecule has 0 spiro atoms. The molecule has 0 saturated carbocycles. The fraction of sp³-hybridized carbons (Fsp3) is 0.467. The highest BCUT2D eigenvalue weighted by atomic mass is 79.9. The highest BCUT2D eigenvalue weighted by Gasteiger charge is 2.18. The van der Waals surface area contributed by atoms with Gasteiger partial charge >= 0.3 is 0 Å². The number of hydrogen-bond donors (Lipinski definition) is 3. The molecule has 21 heavy (non-hydrogen) atoms. The van der Waals surface area contributed by atoms with Crippen LogP contribution >= 0.6 is 15.9 Å². The van der Waals surface area contributed by atoms with Gasteiger partial charge in [-0.1, -0.05) is 48.0 Å². The van der Waals surface area contributed by atoms with Crippen molar-refractivity contribution < 1.29 is 9.59 Å². The van der Waals surface area contributed by atoms with E-state index in [-0.39, 0.29) is 30.3 Å². The van der Waals surface area contributed by atoms with Gasteiger partial charge < -0.3 is 16.4 Å². The minimum atomic E-state index is -0.599. The Kier molecular flexibility index (Phi) is 6.84. The zero-order chi connectivity index (χ0) is 16.0.